The molecule has 0 spiro atoms. The molecule has 1 heterocycles. The van der Waals surface area contributed by atoms with Crippen molar-refractivity contribution in [2.75, 3.05) is 18.4 Å². The van der Waals surface area contributed by atoms with Gasteiger partial charge in [0.2, 0.25) is 10.0 Å². The van der Waals surface area contributed by atoms with Gasteiger partial charge in [0.15, 0.2) is 0 Å². The molecule has 0 bridgehead atoms. The zero-order chi connectivity index (χ0) is 20.3. The van der Waals surface area contributed by atoms with Crippen molar-refractivity contribution in [2.24, 2.45) is 5.92 Å². The van der Waals surface area contributed by atoms with Crippen molar-refractivity contribution in [3.63, 3.8) is 0 Å². The summed E-state index contributed by atoms with van der Waals surface area (Å²) in [5.41, 5.74) is 2.13. The topological polar surface area (TPSA) is 66.5 Å². The fourth-order valence-corrected chi connectivity index (χ4v) is 5.00. The third-order valence-electron chi connectivity index (χ3n) is 5.31. The Morgan fingerprint density at radius 2 is 1.75 bits per heavy atom. The fraction of sp³-hybridized carbons (Fsp3) is 0.409. The molecule has 1 fully saturated rings. The highest BCUT2D eigenvalue weighted by atomic mass is 32.2. The number of hydrogen-bond acceptors (Lipinski definition) is 3. The Morgan fingerprint density at radius 3 is 2.43 bits per heavy atom. The monoisotopic (exact) mass is 400 g/mol. The van der Waals surface area contributed by atoms with Crippen LogP contribution in [0.3, 0.4) is 0 Å². The van der Waals surface area contributed by atoms with E-state index in [0.717, 1.165) is 24.1 Å². The van der Waals surface area contributed by atoms with E-state index in [1.807, 2.05) is 24.3 Å². The number of benzene rings is 2. The molecule has 1 aliphatic rings. The van der Waals surface area contributed by atoms with Crippen LogP contribution in [-0.4, -0.2) is 31.7 Å². The van der Waals surface area contributed by atoms with E-state index in [-0.39, 0.29) is 16.7 Å². The molecule has 0 unspecified atom stereocenters. The van der Waals surface area contributed by atoms with Crippen molar-refractivity contribution in [2.45, 2.75) is 44.4 Å². The van der Waals surface area contributed by atoms with E-state index in [0.29, 0.717) is 24.6 Å². The molecule has 0 saturated carbocycles. The first-order chi connectivity index (χ1) is 13.3. The van der Waals surface area contributed by atoms with E-state index in [9.17, 15) is 13.2 Å². The van der Waals surface area contributed by atoms with Gasteiger partial charge in [0, 0.05) is 24.3 Å². The number of nitrogens with one attached hydrogen (secondary N) is 1. The van der Waals surface area contributed by atoms with Crippen LogP contribution >= 0.6 is 0 Å². The Labute approximate surface area is 167 Å². The van der Waals surface area contributed by atoms with Gasteiger partial charge >= 0.3 is 0 Å². The van der Waals surface area contributed by atoms with E-state index in [1.165, 1.54) is 10.4 Å². The van der Waals surface area contributed by atoms with Crippen molar-refractivity contribution in [1.29, 1.82) is 0 Å². The van der Waals surface area contributed by atoms with Gasteiger partial charge in [0.05, 0.1) is 4.90 Å². The van der Waals surface area contributed by atoms with Crippen LogP contribution in [0.1, 0.15) is 55.5 Å². The molecular weight excluding hydrogens is 372 g/mol. The zero-order valence-corrected chi connectivity index (χ0v) is 17.5. The summed E-state index contributed by atoms with van der Waals surface area (Å²) in [5, 5.41) is 2.92. The number of piperidine rings is 1. The van der Waals surface area contributed by atoms with Crippen molar-refractivity contribution >= 4 is 21.6 Å². The van der Waals surface area contributed by atoms with Crippen LogP contribution < -0.4 is 5.32 Å². The number of para-hydroxylation sites is 1. The van der Waals surface area contributed by atoms with Gasteiger partial charge < -0.3 is 5.32 Å². The maximum absolute atomic E-state index is 13.0. The van der Waals surface area contributed by atoms with E-state index >= 15 is 0 Å². The van der Waals surface area contributed by atoms with E-state index in [2.05, 4.69) is 26.1 Å². The predicted molar refractivity (Wildman–Crippen MR) is 112 cm³/mol. The van der Waals surface area contributed by atoms with Crippen LogP contribution in [0.4, 0.5) is 5.69 Å². The van der Waals surface area contributed by atoms with Gasteiger partial charge in [0.25, 0.3) is 5.91 Å². The lowest BCUT2D eigenvalue weighted by Gasteiger charge is -2.29. The van der Waals surface area contributed by atoms with Crippen LogP contribution in [0, 0.1) is 5.92 Å². The third-order valence-corrected chi connectivity index (χ3v) is 7.20. The maximum atomic E-state index is 13.0. The first kappa shape index (κ1) is 20.6. The Kier molecular flexibility index (Phi) is 6.20. The molecule has 28 heavy (non-hydrogen) atoms. The second-order valence-electron chi connectivity index (χ2n) is 7.81. The van der Waals surface area contributed by atoms with Gasteiger partial charge in [-0.25, -0.2) is 8.42 Å². The average Bonchev–Trinajstić information content (AvgIpc) is 2.68. The largest absolute Gasteiger partial charge is 0.322 e. The molecule has 2 aromatic rings. The van der Waals surface area contributed by atoms with Gasteiger partial charge in [-0.1, -0.05) is 45.0 Å². The molecule has 1 N–H and O–H groups in total. The number of carbonyl (C=O) groups excluding carboxylic acids is 1. The first-order valence-electron chi connectivity index (χ1n) is 9.79. The molecule has 2 aromatic carbocycles. The number of anilines is 1. The maximum Gasteiger partial charge on any atom is 0.255 e. The molecular formula is C22H28N2O3S. The quantitative estimate of drug-likeness (QED) is 0.804. The minimum Gasteiger partial charge on any atom is -0.322 e. The molecule has 6 heteroatoms. The smallest absolute Gasteiger partial charge is 0.255 e. The molecule has 3 rings (SSSR count). The molecule has 5 nitrogen and oxygen atoms in total. The van der Waals surface area contributed by atoms with Crippen LogP contribution in [0.25, 0.3) is 0 Å². The second-order valence-corrected chi connectivity index (χ2v) is 9.75. The summed E-state index contributed by atoms with van der Waals surface area (Å²) in [6.07, 6.45) is 1.73. The van der Waals surface area contributed by atoms with Gasteiger partial charge in [-0.2, -0.15) is 4.31 Å². The van der Waals surface area contributed by atoms with Crippen molar-refractivity contribution in [1.82, 2.24) is 4.31 Å². The second kappa shape index (κ2) is 8.45. The number of rotatable bonds is 5. The number of sulfonamides is 1. The molecule has 1 amide bonds. The van der Waals surface area contributed by atoms with Crippen LogP contribution in [0.5, 0.6) is 0 Å². The fourth-order valence-electron chi connectivity index (χ4n) is 3.48. The first-order valence-corrected chi connectivity index (χ1v) is 11.2. The SMILES string of the molecule is CC1CCN(S(=O)(=O)c2cccc(C(=O)Nc3ccccc3C(C)C)c2)CC1. The summed E-state index contributed by atoms with van der Waals surface area (Å²) in [5.74, 6) is 0.506. The third kappa shape index (κ3) is 4.45. The highest BCUT2D eigenvalue weighted by Gasteiger charge is 2.28. The van der Waals surface area contributed by atoms with Gasteiger partial charge in [-0.15, -0.1) is 0 Å². The van der Waals surface area contributed by atoms with E-state index in [4.69, 9.17) is 0 Å². The number of carbonyl (C=O) groups is 1. The lowest BCUT2D eigenvalue weighted by molar-refractivity contribution is 0.102. The van der Waals surface area contributed by atoms with E-state index < -0.39 is 10.0 Å². The number of nitrogens with zero attached hydrogens (tertiary/aromatic N) is 1. The summed E-state index contributed by atoms with van der Waals surface area (Å²) in [4.78, 5) is 12.9. The number of amides is 1. The highest BCUT2D eigenvalue weighted by molar-refractivity contribution is 7.89. The Hall–Kier alpha value is -2.18. The van der Waals surface area contributed by atoms with E-state index in [1.54, 1.807) is 18.2 Å². The number of hydrogen-bond donors (Lipinski definition) is 1. The molecule has 150 valence electrons. The average molecular weight is 401 g/mol. The highest BCUT2D eigenvalue weighted by Crippen LogP contribution is 2.26. The molecule has 0 aromatic heterocycles. The standard InChI is InChI=1S/C22H28N2O3S/c1-16(2)20-9-4-5-10-21(20)23-22(25)18-7-6-8-19(15-18)28(26,27)24-13-11-17(3)12-14-24/h4-10,15-17H,11-14H2,1-3H3,(H,23,25). The lowest BCUT2D eigenvalue weighted by Crippen LogP contribution is -2.37. The zero-order valence-electron chi connectivity index (χ0n) is 16.7. The van der Waals surface area contributed by atoms with Crippen LogP contribution in [0.15, 0.2) is 53.4 Å². The normalized spacial score (nSPS) is 16.3. The van der Waals surface area contributed by atoms with Crippen molar-refractivity contribution in [3.05, 3.63) is 59.7 Å². The van der Waals surface area contributed by atoms with Crippen LogP contribution in [0.2, 0.25) is 0 Å². The minimum absolute atomic E-state index is 0.173. The van der Waals surface area contributed by atoms with Crippen LogP contribution in [-0.2, 0) is 10.0 Å². The van der Waals surface area contributed by atoms with Gasteiger partial charge in [0.1, 0.15) is 0 Å². The molecule has 1 aliphatic heterocycles. The molecule has 1 saturated heterocycles. The Morgan fingerprint density at radius 1 is 1.07 bits per heavy atom. The van der Waals surface area contributed by atoms with Gasteiger partial charge in [-0.3, -0.25) is 4.79 Å². The predicted octanol–water partition coefficient (Wildman–Crippen LogP) is 4.48. The summed E-state index contributed by atoms with van der Waals surface area (Å²) < 4.78 is 27.5. The summed E-state index contributed by atoms with van der Waals surface area (Å²) in [6.45, 7) is 7.34. The lowest BCUT2D eigenvalue weighted by atomic mass is 10.0. The minimum atomic E-state index is -3.58. The molecule has 0 radical (unpaired) electrons. The van der Waals surface area contributed by atoms with Crippen molar-refractivity contribution in [3.8, 4) is 0 Å². The van der Waals surface area contributed by atoms with Crippen molar-refractivity contribution < 1.29 is 13.2 Å². The molecule has 0 atom stereocenters. The summed E-state index contributed by atoms with van der Waals surface area (Å²) in [7, 11) is -3.58. The summed E-state index contributed by atoms with van der Waals surface area (Å²) >= 11 is 0. The Balaban J connectivity index is 1.82. The summed E-state index contributed by atoms with van der Waals surface area (Å²) in [6, 6.07) is 14.0. The molecule has 0 aliphatic carbocycles. The van der Waals surface area contributed by atoms with Gasteiger partial charge in [-0.05, 0) is 54.5 Å². The Bertz CT molecular complexity index is 946.